The van der Waals surface area contributed by atoms with E-state index >= 15 is 0 Å². The van der Waals surface area contributed by atoms with Crippen molar-refractivity contribution in [2.45, 2.75) is 4.90 Å². The van der Waals surface area contributed by atoms with Crippen molar-refractivity contribution in [3.05, 3.63) is 48.5 Å². The molecule has 25 heavy (non-hydrogen) atoms. The Balaban J connectivity index is 1.72. The maximum atomic E-state index is 12.7. The fourth-order valence-corrected chi connectivity index (χ4v) is 4.39. The fourth-order valence-electron chi connectivity index (χ4n) is 2.95. The molecule has 7 heteroatoms. The van der Waals surface area contributed by atoms with Gasteiger partial charge >= 0.3 is 0 Å². The number of piperazine rings is 1. The van der Waals surface area contributed by atoms with E-state index in [4.69, 9.17) is 9.47 Å². The van der Waals surface area contributed by atoms with Crippen molar-refractivity contribution >= 4 is 15.7 Å². The molecule has 0 atom stereocenters. The predicted molar refractivity (Wildman–Crippen MR) is 97.0 cm³/mol. The topological polar surface area (TPSA) is 59.1 Å². The van der Waals surface area contributed by atoms with Gasteiger partial charge in [-0.25, -0.2) is 8.42 Å². The van der Waals surface area contributed by atoms with Gasteiger partial charge in [0.2, 0.25) is 10.0 Å². The summed E-state index contributed by atoms with van der Waals surface area (Å²) in [4.78, 5) is 2.49. The van der Waals surface area contributed by atoms with Crippen molar-refractivity contribution in [1.29, 1.82) is 0 Å². The summed E-state index contributed by atoms with van der Waals surface area (Å²) in [6, 6.07) is 14.3. The second-order valence-corrected chi connectivity index (χ2v) is 7.68. The molecule has 2 aromatic rings. The Kier molecular flexibility index (Phi) is 5.15. The number of rotatable bonds is 5. The highest BCUT2D eigenvalue weighted by atomic mass is 32.2. The SMILES string of the molecule is COc1ccc(N2CCN(S(=O)(=O)c3ccccc3)CC2)cc1OC. The minimum Gasteiger partial charge on any atom is -0.493 e. The molecule has 0 amide bonds. The normalized spacial score (nSPS) is 15.8. The van der Waals surface area contributed by atoms with Crippen LogP contribution < -0.4 is 14.4 Å². The number of ether oxygens (including phenoxy) is 2. The Morgan fingerprint density at radius 2 is 1.48 bits per heavy atom. The molecule has 3 rings (SSSR count). The van der Waals surface area contributed by atoms with Crippen LogP contribution in [0.5, 0.6) is 11.5 Å². The molecule has 0 aliphatic carbocycles. The third-order valence-corrected chi connectivity index (χ3v) is 6.26. The van der Waals surface area contributed by atoms with Crippen LogP contribution >= 0.6 is 0 Å². The Labute approximate surface area is 148 Å². The Morgan fingerprint density at radius 1 is 0.840 bits per heavy atom. The zero-order chi connectivity index (χ0) is 17.9. The van der Waals surface area contributed by atoms with Crippen molar-refractivity contribution in [1.82, 2.24) is 4.31 Å². The first-order chi connectivity index (χ1) is 12.1. The first kappa shape index (κ1) is 17.6. The van der Waals surface area contributed by atoms with Crippen LogP contribution in [0.2, 0.25) is 0 Å². The molecular weight excluding hydrogens is 340 g/mol. The molecule has 0 unspecified atom stereocenters. The number of methoxy groups -OCH3 is 2. The Hall–Kier alpha value is -2.25. The molecule has 0 bridgehead atoms. The van der Waals surface area contributed by atoms with E-state index in [-0.39, 0.29) is 0 Å². The zero-order valence-corrected chi connectivity index (χ0v) is 15.2. The number of nitrogens with zero attached hydrogens (tertiary/aromatic N) is 2. The lowest BCUT2D eigenvalue weighted by molar-refractivity contribution is 0.354. The van der Waals surface area contributed by atoms with E-state index in [1.807, 2.05) is 24.3 Å². The molecule has 134 valence electrons. The van der Waals surface area contributed by atoms with E-state index in [2.05, 4.69) is 4.90 Å². The van der Waals surface area contributed by atoms with Crippen LogP contribution in [0.1, 0.15) is 0 Å². The van der Waals surface area contributed by atoms with Crippen molar-refractivity contribution in [2.75, 3.05) is 45.3 Å². The van der Waals surface area contributed by atoms with E-state index in [1.54, 1.807) is 42.8 Å². The van der Waals surface area contributed by atoms with Gasteiger partial charge in [0.05, 0.1) is 19.1 Å². The molecule has 2 aromatic carbocycles. The zero-order valence-electron chi connectivity index (χ0n) is 14.4. The van der Waals surface area contributed by atoms with Crippen molar-refractivity contribution in [2.24, 2.45) is 0 Å². The number of hydrogen-bond donors (Lipinski definition) is 0. The molecule has 1 aliphatic heterocycles. The lowest BCUT2D eigenvalue weighted by atomic mass is 10.2. The number of benzene rings is 2. The van der Waals surface area contributed by atoms with Gasteiger partial charge in [0.25, 0.3) is 0 Å². The van der Waals surface area contributed by atoms with E-state index in [9.17, 15) is 8.42 Å². The summed E-state index contributed by atoms with van der Waals surface area (Å²) in [6.45, 7) is 2.15. The smallest absolute Gasteiger partial charge is 0.243 e. The van der Waals surface area contributed by atoms with Gasteiger partial charge in [-0.05, 0) is 24.3 Å². The summed E-state index contributed by atoms with van der Waals surface area (Å²) in [5, 5.41) is 0. The molecule has 6 nitrogen and oxygen atoms in total. The summed E-state index contributed by atoms with van der Waals surface area (Å²) in [5.74, 6) is 1.34. The van der Waals surface area contributed by atoms with Gasteiger partial charge in [-0.15, -0.1) is 0 Å². The number of hydrogen-bond acceptors (Lipinski definition) is 5. The highest BCUT2D eigenvalue weighted by Gasteiger charge is 2.28. The second-order valence-electron chi connectivity index (χ2n) is 5.74. The maximum absolute atomic E-state index is 12.7. The Morgan fingerprint density at radius 3 is 2.08 bits per heavy atom. The Bertz CT molecular complexity index is 816. The minimum absolute atomic E-state index is 0.342. The van der Waals surface area contributed by atoms with Crippen molar-refractivity contribution in [3.63, 3.8) is 0 Å². The van der Waals surface area contributed by atoms with Crippen LogP contribution in [0.15, 0.2) is 53.4 Å². The summed E-state index contributed by atoms with van der Waals surface area (Å²) in [5.41, 5.74) is 0.995. The maximum Gasteiger partial charge on any atom is 0.243 e. The minimum atomic E-state index is -3.43. The summed E-state index contributed by atoms with van der Waals surface area (Å²) in [7, 11) is -0.224. The monoisotopic (exact) mass is 362 g/mol. The number of sulfonamides is 1. The molecule has 0 spiro atoms. The fraction of sp³-hybridized carbons (Fsp3) is 0.333. The van der Waals surface area contributed by atoms with Gasteiger partial charge in [-0.3, -0.25) is 0 Å². The van der Waals surface area contributed by atoms with Crippen LogP contribution in [0.4, 0.5) is 5.69 Å². The van der Waals surface area contributed by atoms with Gasteiger partial charge < -0.3 is 14.4 Å². The van der Waals surface area contributed by atoms with Gasteiger partial charge in [0.15, 0.2) is 11.5 Å². The van der Waals surface area contributed by atoms with Crippen LogP contribution in [-0.2, 0) is 10.0 Å². The lowest BCUT2D eigenvalue weighted by Gasteiger charge is -2.35. The third kappa shape index (κ3) is 3.57. The van der Waals surface area contributed by atoms with Crippen LogP contribution in [0, 0.1) is 0 Å². The lowest BCUT2D eigenvalue weighted by Crippen LogP contribution is -2.48. The standard InChI is InChI=1S/C18H22N2O4S/c1-23-17-9-8-15(14-18(17)24-2)19-10-12-20(13-11-19)25(21,22)16-6-4-3-5-7-16/h3-9,14H,10-13H2,1-2H3. The largest absolute Gasteiger partial charge is 0.493 e. The highest BCUT2D eigenvalue weighted by Crippen LogP contribution is 2.32. The summed E-state index contributed by atoms with van der Waals surface area (Å²) < 4.78 is 37.5. The average Bonchev–Trinajstić information content (AvgIpc) is 2.68. The van der Waals surface area contributed by atoms with Gasteiger partial charge in [-0.2, -0.15) is 4.31 Å². The molecule has 0 aromatic heterocycles. The quantitative estimate of drug-likeness (QED) is 0.816. The van der Waals surface area contributed by atoms with E-state index in [0.29, 0.717) is 42.6 Å². The predicted octanol–water partition coefficient (Wildman–Crippen LogP) is 2.21. The first-order valence-corrected chi connectivity index (χ1v) is 9.52. The number of anilines is 1. The molecule has 1 fully saturated rings. The van der Waals surface area contributed by atoms with E-state index in [0.717, 1.165) is 5.69 Å². The summed E-state index contributed by atoms with van der Waals surface area (Å²) >= 11 is 0. The van der Waals surface area contributed by atoms with Crippen LogP contribution in [-0.4, -0.2) is 53.1 Å². The molecule has 1 aliphatic rings. The second kappa shape index (κ2) is 7.33. The molecule has 1 saturated heterocycles. The molecule has 1 heterocycles. The molecule has 0 N–H and O–H groups in total. The van der Waals surface area contributed by atoms with Gasteiger partial charge in [0, 0.05) is 37.9 Å². The van der Waals surface area contributed by atoms with Crippen LogP contribution in [0.3, 0.4) is 0 Å². The first-order valence-electron chi connectivity index (χ1n) is 8.08. The van der Waals surface area contributed by atoms with Crippen LogP contribution in [0.25, 0.3) is 0 Å². The third-order valence-electron chi connectivity index (χ3n) is 4.35. The van der Waals surface area contributed by atoms with E-state index < -0.39 is 10.0 Å². The van der Waals surface area contributed by atoms with E-state index in [1.165, 1.54) is 0 Å². The summed E-state index contributed by atoms with van der Waals surface area (Å²) in [6.07, 6.45) is 0. The van der Waals surface area contributed by atoms with Crippen molar-refractivity contribution in [3.8, 4) is 11.5 Å². The van der Waals surface area contributed by atoms with Gasteiger partial charge in [0.1, 0.15) is 0 Å². The average molecular weight is 362 g/mol. The van der Waals surface area contributed by atoms with Gasteiger partial charge in [-0.1, -0.05) is 18.2 Å². The van der Waals surface area contributed by atoms with Crippen molar-refractivity contribution < 1.29 is 17.9 Å². The highest BCUT2D eigenvalue weighted by molar-refractivity contribution is 7.89. The molecule has 0 radical (unpaired) electrons. The molecule has 0 saturated carbocycles. The molecular formula is C18H22N2O4S.